The summed E-state index contributed by atoms with van der Waals surface area (Å²) >= 11 is 1.54. The molecule has 0 bridgehead atoms. The number of fused-ring (bicyclic) bond motifs is 1. The number of hydrogen-bond acceptors (Lipinski definition) is 20. The second-order valence-electron chi connectivity index (χ2n) is 37.8. The molecule has 1 aromatic heterocycles. The number of nitrogens with one attached hydrogen (secondary N) is 15. The lowest BCUT2D eigenvalue weighted by molar-refractivity contribution is -0.144. The lowest BCUT2D eigenvalue weighted by atomic mass is 10.00. The Morgan fingerprint density at radius 2 is 0.901 bits per heavy atom. The summed E-state index contributed by atoms with van der Waals surface area (Å²) in [5.41, 5.74) is 23.2. The Hall–Kier alpha value is -11.3. The highest BCUT2D eigenvalue weighted by atomic mass is 32.2. The summed E-state index contributed by atoms with van der Waals surface area (Å²) in [5, 5.41) is 44.1. The van der Waals surface area contributed by atoms with Crippen LogP contribution in [0, 0.1) is 11.3 Å². The Morgan fingerprint density at radius 1 is 0.458 bits per heavy atom. The summed E-state index contributed by atoms with van der Waals surface area (Å²) in [6, 6.07) is 13.7. The summed E-state index contributed by atoms with van der Waals surface area (Å²) in [4.78, 5) is 206. The molecule has 14 amide bonds. The Kier molecular flexibility index (Phi) is 56.4. The van der Waals surface area contributed by atoms with E-state index in [0.717, 1.165) is 89.9 Å². The molecule has 786 valence electrons. The van der Waals surface area contributed by atoms with Crippen LogP contribution in [-0.2, 0) is 91.1 Å². The first-order valence-corrected chi connectivity index (χ1v) is 53.6. The molecular formula is C105H165N21O15S. The predicted octanol–water partition coefficient (Wildman–Crippen LogP) is 8.11. The van der Waals surface area contributed by atoms with Crippen LogP contribution in [0.5, 0.6) is 0 Å². The number of nitrogens with two attached hydrogens (primary N) is 3. The zero-order valence-electron chi connectivity index (χ0n) is 84.7. The Balaban J connectivity index is 1.06. The van der Waals surface area contributed by atoms with Crippen molar-refractivity contribution in [1.29, 1.82) is 5.41 Å². The number of ether oxygens (including phenoxy) is 1. The Morgan fingerprint density at radius 3 is 1.44 bits per heavy atom. The zero-order valence-corrected chi connectivity index (χ0v) is 85.5. The van der Waals surface area contributed by atoms with Gasteiger partial charge in [0.05, 0.1) is 12.6 Å². The minimum Gasteiger partial charge on any atom is -0.370 e. The van der Waals surface area contributed by atoms with Gasteiger partial charge in [-0.05, 0) is 182 Å². The van der Waals surface area contributed by atoms with E-state index in [1.54, 1.807) is 86.8 Å². The fraction of sp³-hybridized carbons (Fsp3) is 0.629. The van der Waals surface area contributed by atoms with E-state index in [1.807, 2.05) is 24.5 Å². The highest BCUT2D eigenvalue weighted by Crippen LogP contribution is 2.26. The molecule has 7 rings (SSSR count). The van der Waals surface area contributed by atoms with Crippen molar-refractivity contribution in [3.63, 3.8) is 0 Å². The number of allylic oxidation sites excluding steroid dienone is 4. The van der Waals surface area contributed by atoms with Crippen LogP contribution < -0.4 is 86.4 Å². The van der Waals surface area contributed by atoms with Crippen LogP contribution in [0.3, 0.4) is 0 Å². The van der Waals surface area contributed by atoms with Crippen molar-refractivity contribution in [3.05, 3.63) is 132 Å². The van der Waals surface area contributed by atoms with Gasteiger partial charge in [-0.3, -0.25) is 72.5 Å². The number of para-hydroxylation sites is 1. The number of rotatable bonds is 72. The minimum atomic E-state index is -1.52. The third-order valence-electron chi connectivity index (χ3n) is 25.8. The van der Waals surface area contributed by atoms with E-state index in [9.17, 15) is 43.2 Å². The van der Waals surface area contributed by atoms with Gasteiger partial charge in [0, 0.05) is 102 Å². The maximum Gasteiger partial charge on any atom is 0.265 e. The van der Waals surface area contributed by atoms with Crippen molar-refractivity contribution in [2.45, 2.75) is 345 Å². The zero-order chi connectivity index (χ0) is 103. The molecule has 3 fully saturated rings. The lowest BCUT2D eigenvalue weighted by Gasteiger charge is -2.31. The number of aromatic nitrogens is 1. The first-order chi connectivity index (χ1) is 68.7. The first-order valence-electron chi connectivity index (χ1n) is 52.2. The number of H-pyrrole nitrogens is 1. The molecule has 11 atom stereocenters. The van der Waals surface area contributed by atoms with Gasteiger partial charge in [0.2, 0.25) is 83.3 Å². The molecule has 142 heavy (non-hydrogen) atoms. The van der Waals surface area contributed by atoms with Crippen LogP contribution in [0.15, 0.2) is 115 Å². The topological polar surface area (TPSA) is 532 Å². The number of primary amides is 1. The van der Waals surface area contributed by atoms with Gasteiger partial charge >= 0.3 is 0 Å². The second kappa shape index (κ2) is 68.0. The second-order valence-corrected chi connectivity index (χ2v) is 38.8. The van der Waals surface area contributed by atoms with E-state index in [1.165, 1.54) is 77.9 Å². The van der Waals surface area contributed by atoms with Gasteiger partial charge in [-0.15, -0.1) is 0 Å². The normalized spacial score (nSPS) is 16.8. The molecule has 3 saturated heterocycles. The summed E-state index contributed by atoms with van der Waals surface area (Å²) in [6.45, 7) is 8.61. The van der Waals surface area contributed by atoms with Crippen molar-refractivity contribution in [2.75, 3.05) is 70.9 Å². The third kappa shape index (κ3) is 44.3. The van der Waals surface area contributed by atoms with Crippen molar-refractivity contribution in [1.82, 2.24) is 89.0 Å². The van der Waals surface area contributed by atoms with Crippen LogP contribution in [-0.4, -0.2) is 246 Å². The number of hydrazine groups is 1. The molecule has 3 aliphatic heterocycles. The van der Waals surface area contributed by atoms with Gasteiger partial charge in [0.1, 0.15) is 48.3 Å². The SMILES string of the molecule is CCCCCC/C=C\CCCCCCCC(=O)NCCCNC(=O)C1NN(CC(=O)NCCCC[C@H](NC(=O)[C@H](Cc2ccccc2)NC(=O)[C@@H](Cc2c[nH]c3ccccc23)NC(=O)[C@H](CCCNC(=N)N)NC(=O)[C@@H](Cc2ccccc2)NC(=O)[C@@H]2CCCN2C(=O)[C@@H](N)CCSC)C(=O)N2CCC[C@H]2C(=O)N[C@H](C(N)=O)C(C)C)C(C(=O)NCCCNC(=O)CCCCCCC/C=C\CCCCCC)O1. The van der Waals surface area contributed by atoms with Gasteiger partial charge in [-0.25, -0.2) is 5.43 Å². The maximum absolute atomic E-state index is 15.7. The number of nitrogens with zero attached hydrogens (tertiary/aromatic N) is 3. The lowest BCUT2D eigenvalue weighted by Crippen LogP contribution is -2.61. The van der Waals surface area contributed by atoms with Crippen LogP contribution >= 0.6 is 11.8 Å². The molecule has 37 heteroatoms. The number of likely N-dealkylation sites (tertiary alicyclic amines) is 2. The molecule has 0 saturated carbocycles. The number of aromatic amines is 1. The van der Waals surface area contributed by atoms with Gasteiger partial charge in [0.15, 0.2) is 5.96 Å². The molecule has 0 spiro atoms. The van der Waals surface area contributed by atoms with E-state index < -0.39 is 144 Å². The van der Waals surface area contributed by atoms with Crippen molar-refractivity contribution in [3.8, 4) is 0 Å². The number of guanidine groups is 1. The molecule has 4 aromatic rings. The fourth-order valence-corrected chi connectivity index (χ4v) is 18.2. The number of unbranched alkanes of at least 4 members (excludes halogenated alkanes) is 19. The fourth-order valence-electron chi connectivity index (χ4n) is 17.7. The summed E-state index contributed by atoms with van der Waals surface area (Å²) in [5.74, 6) is -8.64. The summed E-state index contributed by atoms with van der Waals surface area (Å²) in [7, 11) is 0. The number of amides is 14. The smallest absolute Gasteiger partial charge is 0.265 e. The highest BCUT2D eigenvalue weighted by Gasteiger charge is 2.44. The number of thioether (sulfide) groups is 1. The van der Waals surface area contributed by atoms with Crippen LogP contribution in [0.25, 0.3) is 10.9 Å². The number of benzene rings is 3. The Bertz CT molecular complexity index is 4600. The van der Waals surface area contributed by atoms with E-state index in [2.05, 4.69) is 112 Å². The number of carbonyl (C=O) groups excluding carboxylic acids is 14. The molecule has 2 unspecified atom stereocenters. The molecule has 0 aliphatic carbocycles. The summed E-state index contributed by atoms with van der Waals surface area (Å²) < 4.78 is 6.04. The van der Waals surface area contributed by atoms with E-state index in [4.69, 9.17) is 27.3 Å². The standard InChI is InChI=1S/C105H165N21O15S/c1-6-8-10-12-14-16-18-20-22-24-26-28-36-57-88(127)110-62-45-64-113-99(137)101-123-126(104(141-101)100(138)114-65-46-63-111-89(128)58-37-29-27-25-23-21-19-17-15-13-11-9-7-2)73-90(129)112-60-41-40-53-82(103(140)125-67-44-56-87(125)98(136)122-91(74(3)4)92(107)130)118-95(133)83(69-75-47-32-30-33-48-75)119-96(134)85(71-77-72-116-80-52-39-38-51-78(77)80)120-93(131)81(54-42-61-115-105(108)109)117-94(132)84(70-76-49-34-31-35-50-76)121-97(135)86-55-43-66-124(86)102(139)79(106)59-68-142-5/h16-19,30-35,38-39,47-52,72,74,79,81-87,91,101,104,116,123H,6-15,20-29,36-37,40-46,53-71,73,106H2,1-5H3,(H2,107,130)(H,110,127)(H,111,128)(H,112,129)(H,113,137)(H,114,138)(H,117,132)(H,118,133)(H,119,134)(H,120,131)(H,121,135)(H,122,136)(H4,108,109,115)/b18-16-,19-17-/t79-,81-,82-,83-,84+,85+,86-,87-,91-,101?,104?/m0/s1. The van der Waals surface area contributed by atoms with Crippen LogP contribution in [0.4, 0.5) is 0 Å². The molecule has 4 heterocycles. The van der Waals surface area contributed by atoms with Crippen LogP contribution in [0.2, 0.25) is 0 Å². The molecule has 21 N–H and O–H groups in total. The molecule has 3 aliphatic rings. The van der Waals surface area contributed by atoms with Gasteiger partial charge in [-0.1, -0.05) is 208 Å². The van der Waals surface area contributed by atoms with Gasteiger partial charge < -0.3 is 101 Å². The average molecular weight is 1990 g/mol. The first kappa shape index (κ1) is 118. The van der Waals surface area contributed by atoms with E-state index >= 15 is 24.0 Å². The number of hydrogen-bond donors (Lipinski definition) is 18. The third-order valence-corrected chi connectivity index (χ3v) is 26.5. The molecular weight excluding hydrogens is 1830 g/mol. The predicted molar refractivity (Wildman–Crippen MR) is 555 cm³/mol. The maximum atomic E-state index is 15.7. The van der Waals surface area contributed by atoms with Gasteiger partial charge in [0.25, 0.3) is 11.8 Å². The minimum absolute atomic E-state index is 0.0173. The largest absolute Gasteiger partial charge is 0.370 e. The summed E-state index contributed by atoms with van der Waals surface area (Å²) in [6.07, 6.45) is 37.4. The quantitative estimate of drug-likeness (QED) is 0.00858. The monoisotopic (exact) mass is 1990 g/mol. The molecule has 36 nitrogen and oxygen atoms in total. The molecule has 3 aromatic carbocycles. The average Bonchev–Trinajstić information content (AvgIpc) is 1.78. The highest BCUT2D eigenvalue weighted by molar-refractivity contribution is 7.98. The van der Waals surface area contributed by atoms with Crippen molar-refractivity contribution < 1.29 is 71.9 Å². The van der Waals surface area contributed by atoms with E-state index in [-0.39, 0.29) is 127 Å². The van der Waals surface area contributed by atoms with Crippen molar-refractivity contribution in [2.24, 2.45) is 23.1 Å². The Labute approximate surface area is 844 Å². The molecule has 0 radical (unpaired) electrons. The number of carbonyl (C=O) groups is 14. The van der Waals surface area contributed by atoms with E-state index in [0.29, 0.717) is 91.3 Å². The van der Waals surface area contributed by atoms with Crippen molar-refractivity contribution >= 4 is 111 Å². The van der Waals surface area contributed by atoms with Gasteiger partial charge in [-0.2, -0.15) is 16.8 Å². The van der Waals surface area contributed by atoms with Crippen LogP contribution in [0.1, 0.15) is 276 Å².